The molecule has 136 valence electrons. The Balaban J connectivity index is 1.51. The molecule has 1 aromatic heterocycles. The molecule has 0 fully saturated rings. The Kier molecular flexibility index (Phi) is 4.94. The number of ketones is 1. The Hall–Kier alpha value is -2.66. The lowest BCUT2D eigenvalue weighted by atomic mass is 10.0. The Morgan fingerprint density at radius 3 is 2.78 bits per heavy atom. The van der Waals surface area contributed by atoms with Crippen molar-refractivity contribution in [2.75, 3.05) is 5.75 Å². The molecule has 1 heterocycles. The molecule has 0 unspecified atom stereocenters. The van der Waals surface area contributed by atoms with E-state index in [0.717, 1.165) is 30.5 Å². The summed E-state index contributed by atoms with van der Waals surface area (Å²) in [6, 6.07) is 15.8. The van der Waals surface area contributed by atoms with Crippen LogP contribution in [0.15, 0.2) is 58.5 Å². The van der Waals surface area contributed by atoms with Crippen molar-refractivity contribution < 1.29 is 4.79 Å². The van der Waals surface area contributed by atoms with Crippen LogP contribution in [0.1, 0.15) is 40.5 Å². The first-order valence-electron chi connectivity index (χ1n) is 9.11. The van der Waals surface area contributed by atoms with Crippen LogP contribution in [0.4, 0.5) is 0 Å². The van der Waals surface area contributed by atoms with E-state index in [-0.39, 0.29) is 17.1 Å². The molecule has 3 aromatic rings. The number of hydrogen-bond acceptors (Lipinski definition) is 4. The highest BCUT2D eigenvalue weighted by Crippen LogP contribution is 2.37. The third-order valence-corrected chi connectivity index (χ3v) is 5.61. The minimum Gasteiger partial charge on any atom is -0.301 e. The average molecular weight is 376 g/mol. The molecule has 4 rings (SSSR count). The predicted octanol–water partition coefficient (Wildman–Crippen LogP) is 4.27. The molecular formula is C22H20N2O2S. The summed E-state index contributed by atoms with van der Waals surface area (Å²) in [5, 5.41) is 0.505. The number of rotatable bonds is 6. The quantitative estimate of drug-likeness (QED) is 0.310. The number of benzene rings is 2. The molecule has 0 radical (unpaired) electrons. The highest BCUT2D eigenvalue weighted by atomic mass is 32.2. The number of aryl methyl sites for hydroxylation is 1. The second kappa shape index (κ2) is 7.53. The van der Waals surface area contributed by atoms with E-state index in [1.54, 1.807) is 0 Å². The summed E-state index contributed by atoms with van der Waals surface area (Å²) in [5.41, 5.74) is 6.23. The normalized spacial score (nSPS) is 11.9. The molecule has 0 atom stereocenters. The predicted molar refractivity (Wildman–Crippen MR) is 109 cm³/mol. The van der Waals surface area contributed by atoms with E-state index in [0.29, 0.717) is 10.7 Å². The second-order valence-corrected chi connectivity index (χ2v) is 7.67. The summed E-state index contributed by atoms with van der Waals surface area (Å²) in [4.78, 5) is 31.6. The largest absolute Gasteiger partial charge is 0.301 e. The highest BCUT2D eigenvalue weighted by Gasteiger charge is 2.19. The maximum absolute atomic E-state index is 12.7. The fourth-order valence-corrected chi connectivity index (χ4v) is 4.24. The van der Waals surface area contributed by atoms with Crippen LogP contribution in [0, 0.1) is 0 Å². The standard InChI is InChI=1S/C22H20N2O2S/c1-2-5-17-12-21(26)24-22(23-17)27-13-20(25)16-9-8-15-10-14-6-3-4-7-18(14)19(15)11-16/h3-4,6-9,11-12H,2,5,10,13H2,1H3,(H,23,24,26). The van der Waals surface area contributed by atoms with Crippen LogP contribution in [0.25, 0.3) is 11.1 Å². The first kappa shape index (κ1) is 17.7. The van der Waals surface area contributed by atoms with E-state index in [1.807, 2.05) is 31.2 Å². The first-order valence-corrected chi connectivity index (χ1v) is 10.1. The lowest BCUT2D eigenvalue weighted by Gasteiger charge is -2.06. The van der Waals surface area contributed by atoms with Gasteiger partial charge in [0, 0.05) is 17.3 Å². The van der Waals surface area contributed by atoms with Gasteiger partial charge in [0.2, 0.25) is 0 Å². The Morgan fingerprint density at radius 1 is 1.11 bits per heavy atom. The van der Waals surface area contributed by atoms with E-state index < -0.39 is 0 Å². The number of fused-ring (bicyclic) bond motifs is 3. The summed E-state index contributed by atoms with van der Waals surface area (Å²) < 4.78 is 0. The molecule has 4 nitrogen and oxygen atoms in total. The van der Waals surface area contributed by atoms with Crippen LogP contribution in [0.2, 0.25) is 0 Å². The Bertz CT molecular complexity index is 1070. The topological polar surface area (TPSA) is 62.8 Å². The lowest BCUT2D eigenvalue weighted by Crippen LogP contribution is -2.11. The maximum atomic E-state index is 12.7. The van der Waals surface area contributed by atoms with Gasteiger partial charge >= 0.3 is 0 Å². The molecule has 27 heavy (non-hydrogen) atoms. The Labute approximate surface area is 162 Å². The number of aromatic amines is 1. The smallest absolute Gasteiger partial charge is 0.251 e. The molecular weight excluding hydrogens is 356 g/mol. The van der Waals surface area contributed by atoms with Gasteiger partial charge in [-0.25, -0.2) is 4.98 Å². The van der Waals surface area contributed by atoms with Crippen LogP contribution in [-0.4, -0.2) is 21.5 Å². The highest BCUT2D eigenvalue weighted by molar-refractivity contribution is 7.99. The second-order valence-electron chi connectivity index (χ2n) is 6.71. The van der Waals surface area contributed by atoms with Gasteiger partial charge in [0.25, 0.3) is 5.56 Å². The molecule has 0 saturated heterocycles. The van der Waals surface area contributed by atoms with Gasteiger partial charge in [-0.05, 0) is 41.2 Å². The number of thioether (sulfide) groups is 1. The number of nitrogens with one attached hydrogen (secondary N) is 1. The molecule has 0 spiro atoms. The average Bonchev–Trinajstić information content (AvgIpc) is 3.04. The van der Waals surface area contributed by atoms with Gasteiger partial charge < -0.3 is 4.98 Å². The van der Waals surface area contributed by atoms with Gasteiger partial charge in [-0.3, -0.25) is 9.59 Å². The fraction of sp³-hybridized carbons (Fsp3) is 0.227. The van der Waals surface area contributed by atoms with Crippen LogP contribution >= 0.6 is 11.8 Å². The van der Waals surface area contributed by atoms with E-state index in [4.69, 9.17) is 0 Å². The molecule has 5 heteroatoms. The molecule has 0 amide bonds. The van der Waals surface area contributed by atoms with Crippen molar-refractivity contribution >= 4 is 17.5 Å². The van der Waals surface area contributed by atoms with Crippen molar-refractivity contribution in [3.63, 3.8) is 0 Å². The van der Waals surface area contributed by atoms with Crippen LogP contribution in [-0.2, 0) is 12.8 Å². The zero-order valence-electron chi connectivity index (χ0n) is 15.1. The van der Waals surface area contributed by atoms with Crippen molar-refractivity contribution in [3.05, 3.63) is 81.3 Å². The summed E-state index contributed by atoms with van der Waals surface area (Å²) in [6.07, 6.45) is 2.61. The van der Waals surface area contributed by atoms with E-state index in [9.17, 15) is 9.59 Å². The molecule has 0 bridgehead atoms. The number of H-pyrrole nitrogens is 1. The molecule has 2 aromatic carbocycles. The third-order valence-electron chi connectivity index (χ3n) is 4.74. The summed E-state index contributed by atoms with van der Waals surface area (Å²) in [6.45, 7) is 2.05. The lowest BCUT2D eigenvalue weighted by molar-refractivity contribution is 0.102. The van der Waals surface area contributed by atoms with E-state index in [1.165, 1.54) is 34.5 Å². The summed E-state index contributed by atoms with van der Waals surface area (Å²) in [5.74, 6) is 0.287. The van der Waals surface area contributed by atoms with Gasteiger partial charge in [-0.2, -0.15) is 0 Å². The molecule has 0 saturated carbocycles. The molecule has 1 aliphatic rings. The number of carbonyl (C=O) groups excluding carboxylic acids is 1. The van der Waals surface area contributed by atoms with Gasteiger partial charge in [-0.15, -0.1) is 0 Å². The zero-order chi connectivity index (χ0) is 18.8. The van der Waals surface area contributed by atoms with Crippen LogP contribution in [0.3, 0.4) is 0 Å². The van der Waals surface area contributed by atoms with Crippen LogP contribution in [0.5, 0.6) is 0 Å². The molecule has 1 aliphatic carbocycles. The van der Waals surface area contributed by atoms with Gasteiger partial charge in [0.1, 0.15) is 0 Å². The van der Waals surface area contributed by atoms with Crippen molar-refractivity contribution in [3.8, 4) is 11.1 Å². The van der Waals surface area contributed by atoms with Crippen molar-refractivity contribution in [1.29, 1.82) is 0 Å². The van der Waals surface area contributed by atoms with Crippen molar-refractivity contribution in [1.82, 2.24) is 9.97 Å². The zero-order valence-corrected chi connectivity index (χ0v) is 15.9. The number of Topliss-reactive ketones (excluding diaryl/α,β-unsaturated/α-hetero) is 1. The Morgan fingerprint density at radius 2 is 1.93 bits per heavy atom. The summed E-state index contributed by atoms with van der Waals surface area (Å²) in [7, 11) is 0. The third kappa shape index (κ3) is 3.74. The van der Waals surface area contributed by atoms with E-state index in [2.05, 4.69) is 28.2 Å². The molecule has 0 aliphatic heterocycles. The minimum atomic E-state index is -0.169. The maximum Gasteiger partial charge on any atom is 0.251 e. The van der Waals surface area contributed by atoms with E-state index >= 15 is 0 Å². The number of nitrogens with zero attached hydrogens (tertiary/aromatic N) is 1. The first-order chi connectivity index (χ1) is 13.1. The van der Waals surface area contributed by atoms with Gasteiger partial charge in [0.05, 0.1) is 5.75 Å². The summed E-state index contributed by atoms with van der Waals surface area (Å²) >= 11 is 1.28. The van der Waals surface area contributed by atoms with Crippen molar-refractivity contribution in [2.24, 2.45) is 0 Å². The van der Waals surface area contributed by atoms with Gasteiger partial charge in [0.15, 0.2) is 10.9 Å². The van der Waals surface area contributed by atoms with Crippen LogP contribution < -0.4 is 5.56 Å². The van der Waals surface area contributed by atoms with Crippen molar-refractivity contribution in [2.45, 2.75) is 31.3 Å². The fourth-order valence-electron chi connectivity index (χ4n) is 3.45. The number of carbonyl (C=O) groups is 1. The minimum absolute atomic E-state index is 0.0377. The number of aromatic nitrogens is 2. The van der Waals surface area contributed by atoms with Gasteiger partial charge in [-0.1, -0.05) is 61.5 Å². The monoisotopic (exact) mass is 376 g/mol. The SMILES string of the molecule is CCCc1cc(=O)[nH]c(SCC(=O)c2ccc3c(c2)-c2ccccc2C3)n1. The number of hydrogen-bond donors (Lipinski definition) is 1. The molecule has 1 N–H and O–H groups in total.